The first kappa shape index (κ1) is 14.3. The van der Waals surface area contributed by atoms with Crippen molar-refractivity contribution in [2.24, 2.45) is 0 Å². The Kier molecular flexibility index (Phi) is 4.09. The van der Waals surface area contributed by atoms with Crippen molar-refractivity contribution in [1.29, 1.82) is 0 Å². The normalized spacial score (nSPS) is 19.0. The highest BCUT2D eigenvalue weighted by Crippen LogP contribution is 2.52. The molecule has 0 spiro atoms. The average Bonchev–Trinajstić information content (AvgIpc) is 2.96. The topological polar surface area (TPSA) is 18.5 Å². The van der Waals surface area contributed by atoms with Crippen LogP contribution < -0.4 is 0 Å². The SMILES string of the molecule is COC1(OC)[C](c2ccccc2)CC[C]1c1ccccc1. The van der Waals surface area contributed by atoms with Crippen LogP contribution in [0.4, 0.5) is 0 Å². The summed E-state index contributed by atoms with van der Waals surface area (Å²) < 4.78 is 11.8. The zero-order valence-electron chi connectivity index (χ0n) is 12.5. The Hall–Kier alpha value is -1.64. The highest BCUT2D eigenvalue weighted by atomic mass is 16.7. The van der Waals surface area contributed by atoms with Gasteiger partial charge in [0.25, 0.3) is 0 Å². The predicted octanol–water partition coefficient (Wildman–Crippen LogP) is 4.01. The van der Waals surface area contributed by atoms with Crippen LogP contribution in [0.15, 0.2) is 60.7 Å². The maximum Gasteiger partial charge on any atom is 0.189 e. The monoisotopic (exact) mass is 280 g/mol. The van der Waals surface area contributed by atoms with Gasteiger partial charge in [-0.15, -0.1) is 0 Å². The molecule has 2 nitrogen and oxygen atoms in total. The lowest BCUT2D eigenvalue weighted by Gasteiger charge is -2.37. The van der Waals surface area contributed by atoms with E-state index in [0.717, 1.165) is 12.8 Å². The third-order valence-corrected chi connectivity index (χ3v) is 4.24. The van der Waals surface area contributed by atoms with Crippen LogP contribution >= 0.6 is 0 Å². The van der Waals surface area contributed by atoms with Gasteiger partial charge in [0.2, 0.25) is 0 Å². The Balaban J connectivity index is 2.01. The van der Waals surface area contributed by atoms with Crippen LogP contribution in [0.25, 0.3) is 0 Å². The van der Waals surface area contributed by atoms with Gasteiger partial charge in [-0.25, -0.2) is 0 Å². The molecule has 0 atom stereocenters. The third-order valence-electron chi connectivity index (χ3n) is 4.24. The molecule has 0 saturated heterocycles. The molecule has 1 aliphatic carbocycles. The van der Waals surface area contributed by atoms with Crippen LogP contribution in [0, 0.1) is 11.8 Å². The minimum Gasteiger partial charge on any atom is -0.351 e. The van der Waals surface area contributed by atoms with E-state index in [4.69, 9.17) is 9.47 Å². The Bertz CT molecular complexity index is 511. The summed E-state index contributed by atoms with van der Waals surface area (Å²) in [4.78, 5) is 0. The van der Waals surface area contributed by atoms with Gasteiger partial charge in [-0.05, 0) is 24.0 Å². The van der Waals surface area contributed by atoms with Gasteiger partial charge in [-0.1, -0.05) is 60.7 Å². The largest absolute Gasteiger partial charge is 0.351 e. The summed E-state index contributed by atoms with van der Waals surface area (Å²) in [5, 5.41) is 0. The summed E-state index contributed by atoms with van der Waals surface area (Å²) in [5.74, 6) is 1.65. The molecule has 2 heteroatoms. The number of hydrogen-bond donors (Lipinski definition) is 0. The molecule has 1 fully saturated rings. The standard InChI is InChI=1S/C19H20O2/c1-20-19(21-2)17(15-9-5-3-6-10-15)13-14-18(19)16-11-7-4-8-12-16/h3-12H,13-14H2,1-2H3. The van der Waals surface area contributed by atoms with E-state index < -0.39 is 5.79 Å². The second-order valence-electron chi connectivity index (χ2n) is 5.21. The maximum absolute atomic E-state index is 5.89. The lowest BCUT2D eigenvalue weighted by atomic mass is 9.86. The van der Waals surface area contributed by atoms with Crippen LogP contribution in [0.5, 0.6) is 0 Å². The fraction of sp³-hybridized carbons (Fsp3) is 0.263. The highest BCUT2D eigenvalue weighted by Gasteiger charge is 2.53. The summed E-state index contributed by atoms with van der Waals surface area (Å²) in [6.07, 6.45) is 1.91. The van der Waals surface area contributed by atoms with Gasteiger partial charge in [0, 0.05) is 14.2 Å². The number of ether oxygens (including phenoxy) is 2. The van der Waals surface area contributed by atoms with E-state index in [1.54, 1.807) is 14.2 Å². The van der Waals surface area contributed by atoms with Crippen LogP contribution in [0.1, 0.15) is 24.0 Å². The molecule has 108 valence electrons. The molecule has 3 rings (SSSR count). The Morgan fingerprint density at radius 1 is 0.667 bits per heavy atom. The first-order valence-electron chi connectivity index (χ1n) is 7.25. The number of hydrogen-bond acceptors (Lipinski definition) is 2. The molecule has 0 unspecified atom stereocenters. The average molecular weight is 280 g/mol. The van der Waals surface area contributed by atoms with Crippen molar-refractivity contribution in [1.82, 2.24) is 0 Å². The first-order chi connectivity index (χ1) is 10.3. The van der Waals surface area contributed by atoms with Gasteiger partial charge < -0.3 is 9.47 Å². The van der Waals surface area contributed by atoms with Crippen molar-refractivity contribution in [3.05, 3.63) is 83.6 Å². The lowest BCUT2D eigenvalue weighted by molar-refractivity contribution is -0.168. The van der Waals surface area contributed by atoms with Crippen LogP contribution in [0.3, 0.4) is 0 Å². The quantitative estimate of drug-likeness (QED) is 0.788. The van der Waals surface area contributed by atoms with E-state index in [0.29, 0.717) is 0 Å². The Labute approximate surface area is 126 Å². The van der Waals surface area contributed by atoms with Crippen molar-refractivity contribution in [2.45, 2.75) is 18.6 Å². The summed E-state index contributed by atoms with van der Waals surface area (Å²) in [6.45, 7) is 0. The van der Waals surface area contributed by atoms with E-state index in [1.165, 1.54) is 23.0 Å². The molecule has 0 aromatic heterocycles. The molecule has 0 heterocycles. The van der Waals surface area contributed by atoms with Gasteiger partial charge in [0.1, 0.15) is 0 Å². The fourth-order valence-corrected chi connectivity index (χ4v) is 3.28. The minimum atomic E-state index is -0.747. The van der Waals surface area contributed by atoms with Gasteiger partial charge in [-0.2, -0.15) is 0 Å². The van der Waals surface area contributed by atoms with E-state index in [2.05, 4.69) is 48.5 Å². The predicted molar refractivity (Wildman–Crippen MR) is 83.6 cm³/mol. The van der Waals surface area contributed by atoms with Crippen molar-refractivity contribution in [3.8, 4) is 0 Å². The molecule has 2 radical (unpaired) electrons. The molecule has 1 aliphatic rings. The third kappa shape index (κ3) is 2.39. The van der Waals surface area contributed by atoms with Gasteiger partial charge in [0.15, 0.2) is 5.79 Å². The second kappa shape index (κ2) is 6.00. The molecule has 21 heavy (non-hydrogen) atoms. The number of methoxy groups -OCH3 is 2. The molecule has 0 amide bonds. The molecule has 0 bridgehead atoms. The van der Waals surface area contributed by atoms with Crippen molar-refractivity contribution in [3.63, 3.8) is 0 Å². The van der Waals surface area contributed by atoms with Crippen LogP contribution in [-0.2, 0) is 9.47 Å². The molecule has 1 saturated carbocycles. The Morgan fingerprint density at radius 2 is 1.05 bits per heavy atom. The van der Waals surface area contributed by atoms with Crippen molar-refractivity contribution < 1.29 is 9.47 Å². The van der Waals surface area contributed by atoms with Crippen molar-refractivity contribution >= 4 is 0 Å². The summed E-state index contributed by atoms with van der Waals surface area (Å²) in [5.41, 5.74) is 2.37. The van der Waals surface area contributed by atoms with Gasteiger partial charge in [-0.3, -0.25) is 0 Å². The summed E-state index contributed by atoms with van der Waals surface area (Å²) in [7, 11) is 3.45. The lowest BCUT2D eigenvalue weighted by Crippen LogP contribution is -2.42. The minimum absolute atomic E-state index is 0.747. The van der Waals surface area contributed by atoms with Crippen LogP contribution in [-0.4, -0.2) is 20.0 Å². The zero-order valence-corrected chi connectivity index (χ0v) is 12.5. The molecule has 2 aromatic carbocycles. The zero-order chi connectivity index (χ0) is 14.7. The molecular formula is C19H20O2. The molecule has 2 aromatic rings. The smallest absolute Gasteiger partial charge is 0.189 e. The summed E-state index contributed by atoms with van der Waals surface area (Å²) >= 11 is 0. The first-order valence-corrected chi connectivity index (χ1v) is 7.25. The van der Waals surface area contributed by atoms with Gasteiger partial charge in [0.05, 0.1) is 11.8 Å². The second-order valence-corrected chi connectivity index (χ2v) is 5.21. The Morgan fingerprint density at radius 3 is 1.38 bits per heavy atom. The molecule has 0 N–H and O–H groups in total. The van der Waals surface area contributed by atoms with Gasteiger partial charge >= 0.3 is 0 Å². The van der Waals surface area contributed by atoms with Crippen LogP contribution in [0.2, 0.25) is 0 Å². The molecule has 0 aliphatic heterocycles. The highest BCUT2D eigenvalue weighted by molar-refractivity contribution is 5.49. The number of benzene rings is 2. The summed E-state index contributed by atoms with van der Waals surface area (Å²) in [6, 6.07) is 20.8. The molecular weight excluding hydrogens is 260 g/mol. The van der Waals surface area contributed by atoms with E-state index >= 15 is 0 Å². The number of rotatable bonds is 4. The van der Waals surface area contributed by atoms with E-state index in [9.17, 15) is 0 Å². The fourth-order valence-electron chi connectivity index (χ4n) is 3.28. The maximum atomic E-state index is 5.89. The van der Waals surface area contributed by atoms with E-state index in [-0.39, 0.29) is 0 Å². The van der Waals surface area contributed by atoms with Crippen molar-refractivity contribution in [2.75, 3.05) is 14.2 Å². The van der Waals surface area contributed by atoms with E-state index in [1.807, 2.05) is 12.1 Å².